The Balaban J connectivity index is 0.00000261. The Labute approximate surface area is 170 Å². The number of halogens is 1. The molecule has 144 valence electrons. The zero-order chi connectivity index (χ0) is 18.2. The van der Waals surface area contributed by atoms with Crippen molar-refractivity contribution in [1.82, 2.24) is 0 Å². The summed E-state index contributed by atoms with van der Waals surface area (Å²) in [6.07, 6.45) is 11.3. The highest BCUT2D eigenvalue weighted by Gasteiger charge is 2.14. The van der Waals surface area contributed by atoms with Crippen molar-refractivity contribution in [1.29, 1.82) is 0 Å². The number of ether oxygens (including phenoxy) is 1. The summed E-state index contributed by atoms with van der Waals surface area (Å²) in [5.74, 6) is 1.02. The monoisotopic (exact) mass is 383 g/mol. The molecule has 0 aliphatic heterocycles. The van der Waals surface area contributed by atoms with E-state index < -0.39 is 0 Å². The molecule has 0 heterocycles. The average molecular weight is 384 g/mol. The maximum atomic E-state index is 6.01. The van der Waals surface area contributed by atoms with Crippen LogP contribution < -0.4 is 17.1 Å². The van der Waals surface area contributed by atoms with Gasteiger partial charge in [0.15, 0.2) is 6.21 Å². The SMILES string of the molecule is C[N+](C)=CC=C1CCCc2cc(OCCCCc3ccccc3)ccc21.[Cl-]. The molecule has 0 spiro atoms. The number of hydrogen-bond acceptors (Lipinski definition) is 1. The summed E-state index contributed by atoms with van der Waals surface area (Å²) < 4.78 is 8.10. The van der Waals surface area contributed by atoms with Gasteiger partial charge in [0.05, 0.1) is 6.61 Å². The van der Waals surface area contributed by atoms with E-state index in [1.54, 1.807) is 0 Å². The summed E-state index contributed by atoms with van der Waals surface area (Å²) in [5, 5.41) is 0. The maximum Gasteiger partial charge on any atom is 0.163 e. The summed E-state index contributed by atoms with van der Waals surface area (Å²) in [7, 11) is 4.13. The van der Waals surface area contributed by atoms with Gasteiger partial charge in [-0.1, -0.05) is 36.4 Å². The molecule has 2 aromatic carbocycles. The van der Waals surface area contributed by atoms with Gasteiger partial charge in [0.2, 0.25) is 0 Å². The second-order valence-electron chi connectivity index (χ2n) is 7.27. The number of hydrogen-bond donors (Lipinski definition) is 0. The lowest BCUT2D eigenvalue weighted by atomic mass is 9.87. The number of aryl methyl sites for hydroxylation is 2. The Kier molecular flexibility index (Phi) is 8.60. The molecule has 0 unspecified atom stereocenters. The van der Waals surface area contributed by atoms with Crippen LogP contribution in [0.3, 0.4) is 0 Å². The molecule has 0 N–H and O–H groups in total. The van der Waals surface area contributed by atoms with E-state index >= 15 is 0 Å². The smallest absolute Gasteiger partial charge is 0.163 e. The molecule has 0 bridgehead atoms. The highest BCUT2D eigenvalue weighted by atomic mass is 35.5. The van der Waals surface area contributed by atoms with Gasteiger partial charge in [0.25, 0.3) is 0 Å². The number of fused-ring (bicyclic) bond motifs is 1. The number of allylic oxidation sites excluding steroid dienone is 2. The van der Waals surface area contributed by atoms with E-state index in [4.69, 9.17) is 4.74 Å². The van der Waals surface area contributed by atoms with E-state index in [0.717, 1.165) is 38.0 Å². The van der Waals surface area contributed by atoms with Gasteiger partial charge in [0, 0.05) is 6.08 Å². The fraction of sp³-hybridized carbons (Fsp3) is 0.375. The quantitative estimate of drug-likeness (QED) is 0.405. The third kappa shape index (κ3) is 6.55. The molecule has 2 nitrogen and oxygen atoms in total. The van der Waals surface area contributed by atoms with Gasteiger partial charge < -0.3 is 17.1 Å². The highest BCUT2D eigenvalue weighted by molar-refractivity contribution is 5.84. The second-order valence-corrected chi connectivity index (χ2v) is 7.27. The van der Waals surface area contributed by atoms with E-state index in [1.807, 2.05) is 0 Å². The lowest BCUT2D eigenvalue weighted by Gasteiger charge is -2.19. The summed E-state index contributed by atoms with van der Waals surface area (Å²) in [5.41, 5.74) is 5.67. The maximum absolute atomic E-state index is 6.01. The number of unbranched alkanes of at least 4 members (excludes halogenated alkanes) is 1. The fourth-order valence-electron chi connectivity index (χ4n) is 3.46. The minimum absolute atomic E-state index is 0. The lowest BCUT2D eigenvalue weighted by Crippen LogP contribution is -3.00. The van der Waals surface area contributed by atoms with Gasteiger partial charge in [0.1, 0.15) is 19.8 Å². The predicted molar refractivity (Wildman–Crippen MR) is 110 cm³/mol. The van der Waals surface area contributed by atoms with Crippen molar-refractivity contribution in [2.75, 3.05) is 20.7 Å². The molecule has 1 aliphatic rings. The minimum Gasteiger partial charge on any atom is -1.00 e. The van der Waals surface area contributed by atoms with E-state index in [2.05, 4.69) is 79.5 Å². The Morgan fingerprint density at radius 2 is 1.81 bits per heavy atom. The van der Waals surface area contributed by atoms with E-state index in [-0.39, 0.29) is 12.4 Å². The van der Waals surface area contributed by atoms with E-state index in [0.29, 0.717) is 0 Å². The largest absolute Gasteiger partial charge is 1.00 e. The summed E-state index contributed by atoms with van der Waals surface area (Å²) in [6, 6.07) is 17.3. The first kappa shape index (κ1) is 21.2. The van der Waals surface area contributed by atoms with Gasteiger partial charge in [-0.25, -0.2) is 4.58 Å². The predicted octanol–water partition coefficient (Wildman–Crippen LogP) is 2.15. The van der Waals surface area contributed by atoms with Crippen LogP contribution in [0.15, 0.2) is 54.6 Å². The van der Waals surface area contributed by atoms with Crippen LogP contribution in [0, 0.1) is 0 Å². The van der Waals surface area contributed by atoms with E-state index in [1.165, 1.54) is 35.1 Å². The van der Waals surface area contributed by atoms with Crippen molar-refractivity contribution in [3.8, 4) is 5.75 Å². The molecule has 0 amide bonds. The molecular weight excluding hydrogens is 354 g/mol. The standard InChI is InChI=1S/C24H30NO.ClH/c1-25(2)17-16-21-12-8-13-22-19-23(14-15-24(21)22)26-18-7-6-11-20-9-4-3-5-10-20;/h3-5,9-10,14-17,19H,6-8,11-13,18H2,1-2H3;1H/q+1;/p-1. The number of benzene rings is 2. The first-order valence-corrected chi connectivity index (χ1v) is 9.73. The first-order chi connectivity index (χ1) is 12.7. The third-order valence-electron chi connectivity index (χ3n) is 4.86. The molecule has 27 heavy (non-hydrogen) atoms. The second kappa shape index (κ2) is 10.9. The average Bonchev–Trinajstić information content (AvgIpc) is 2.66. The molecule has 0 radical (unpaired) electrons. The van der Waals surface area contributed by atoms with Crippen LogP contribution >= 0.6 is 0 Å². The summed E-state index contributed by atoms with van der Waals surface area (Å²) >= 11 is 0. The fourth-order valence-corrected chi connectivity index (χ4v) is 3.46. The molecule has 1 aliphatic carbocycles. The van der Waals surface area contributed by atoms with E-state index in [9.17, 15) is 0 Å². The molecule has 3 rings (SSSR count). The molecule has 0 saturated carbocycles. The molecular formula is C24H30ClNO. The molecule has 3 heteroatoms. The third-order valence-corrected chi connectivity index (χ3v) is 4.86. The van der Waals surface area contributed by atoms with Crippen LogP contribution in [0.25, 0.3) is 5.57 Å². The Morgan fingerprint density at radius 3 is 2.59 bits per heavy atom. The molecule has 0 saturated heterocycles. The van der Waals surface area contributed by atoms with Crippen molar-refractivity contribution in [2.24, 2.45) is 0 Å². The Bertz CT molecular complexity index is 776. The number of rotatable bonds is 7. The summed E-state index contributed by atoms with van der Waals surface area (Å²) in [6.45, 7) is 0.794. The zero-order valence-corrected chi connectivity index (χ0v) is 17.2. The molecule has 0 aromatic heterocycles. The van der Waals surface area contributed by atoms with Crippen molar-refractivity contribution < 1.29 is 21.7 Å². The summed E-state index contributed by atoms with van der Waals surface area (Å²) in [4.78, 5) is 0. The number of nitrogens with zero attached hydrogens (tertiary/aromatic N) is 1. The van der Waals surface area contributed by atoms with Crippen LogP contribution in [-0.4, -0.2) is 31.5 Å². The molecule has 0 atom stereocenters. The molecule has 2 aromatic rings. The van der Waals surface area contributed by atoms with Crippen molar-refractivity contribution >= 4 is 11.8 Å². The van der Waals surface area contributed by atoms with Gasteiger partial charge in [-0.3, -0.25) is 0 Å². The first-order valence-electron chi connectivity index (χ1n) is 9.73. The van der Waals surface area contributed by atoms with Crippen LogP contribution in [0.2, 0.25) is 0 Å². The zero-order valence-electron chi connectivity index (χ0n) is 16.5. The minimum atomic E-state index is 0. The highest BCUT2D eigenvalue weighted by Crippen LogP contribution is 2.32. The van der Waals surface area contributed by atoms with Crippen LogP contribution in [0.1, 0.15) is 42.4 Å². The van der Waals surface area contributed by atoms with Crippen molar-refractivity contribution in [2.45, 2.75) is 38.5 Å². The van der Waals surface area contributed by atoms with Crippen LogP contribution in [0.4, 0.5) is 0 Å². The van der Waals surface area contributed by atoms with Gasteiger partial charge in [-0.15, -0.1) is 0 Å². The van der Waals surface area contributed by atoms with Crippen molar-refractivity contribution in [3.63, 3.8) is 0 Å². The van der Waals surface area contributed by atoms with Crippen LogP contribution in [-0.2, 0) is 12.8 Å². The topological polar surface area (TPSA) is 12.2 Å². The molecule has 0 fully saturated rings. The lowest BCUT2D eigenvalue weighted by molar-refractivity contribution is -0.458. The van der Waals surface area contributed by atoms with Gasteiger partial charge in [-0.05, 0) is 72.9 Å². The van der Waals surface area contributed by atoms with Crippen LogP contribution in [0.5, 0.6) is 5.75 Å². The Morgan fingerprint density at radius 1 is 1.00 bits per heavy atom. The van der Waals surface area contributed by atoms with Gasteiger partial charge in [-0.2, -0.15) is 0 Å². The van der Waals surface area contributed by atoms with Gasteiger partial charge >= 0.3 is 0 Å². The van der Waals surface area contributed by atoms with Crippen molar-refractivity contribution in [3.05, 3.63) is 71.3 Å². The normalized spacial score (nSPS) is 14.2. The Hall–Kier alpha value is -2.06.